The highest BCUT2D eigenvalue weighted by Crippen LogP contribution is 2.14. The second-order valence-electron chi connectivity index (χ2n) is 3.01. The Labute approximate surface area is 90.3 Å². The van der Waals surface area contributed by atoms with Gasteiger partial charge in [0.1, 0.15) is 0 Å². The van der Waals surface area contributed by atoms with Gasteiger partial charge in [0.15, 0.2) is 11.6 Å². The highest BCUT2D eigenvalue weighted by Gasteiger charge is 2.00. The summed E-state index contributed by atoms with van der Waals surface area (Å²) in [6, 6.07) is 7.27. The molecule has 0 bridgehead atoms. The molecule has 0 aliphatic heterocycles. The van der Waals surface area contributed by atoms with Gasteiger partial charge in [0.25, 0.3) is 0 Å². The fourth-order valence-electron chi connectivity index (χ4n) is 1.07. The van der Waals surface area contributed by atoms with Crippen LogP contribution in [0.1, 0.15) is 26.2 Å². The highest BCUT2D eigenvalue weighted by atomic mass is 19.1. The van der Waals surface area contributed by atoms with Crippen LogP contribution in [-0.4, -0.2) is 6.61 Å². The summed E-state index contributed by atoms with van der Waals surface area (Å²) in [5.41, 5.74) is 0. The van der Waals surface area contributed by atoms with Crippen molar-refractivity contribution in [1.29, 1.82) is 0 Å². The maximum absolute atomic E-state index is 13.0. The molecule has 0 amide bonds. The van der Waals surface area contributed by atoms with Gasteiger partial charge in [-0.15, -0.1) is 11.8 Å². The molecule has 1 nitrogen and oxygen atoms in total. The van der Waals surface area contributed by atoms with Crippen LogP contribution in [0, 0.1) is 23.7 Å². The third kappa shape index (κ3) is 4.51. The first kappa shape index (κ1) is 11.6. The molecule has 0 atom stereocenters. The van der Waals surface area contributed by atoms with Gasteiger partial charge in [-0.1, -0.05) is 19.1 Å². The zero-order valence-corrected chi connectivity index (χ0v) is 8.85. The van der Waals surface area contributed by atoms with Gasteiger partial charge in [0.2, 0.25) is 0 Å². The maximum Gasteiger partial charge on any atom is 0.172 e. The zero-order valence-electron chi connectivity index (χ0n) is 8.85. The molecule has 79 valence electrons. The van der Waals surface area contributed by atoms with Crippen molar-refractivity contribution in [3.05, 3.63) is 30.1 Å². The zero-order chi connectivity index (χ0) is 10.9. The third-order valence-corrected chi connectivity index (χ3v) is 1.78. The fourth-order valence-corrected chi connectivity index (χ4v) is 1.07. The number of rotatable bonds is 4. The Kier molecular flexibility index (Phi) is 5.32. The first-order valence-corrected chi connectivity index (χ1v) is 5.09. The minimum atomic E-state index is -0.433. The minimum Gasteiger partial charge on any atom is -0.490 e. The van der Waals surface area contributed by atoms with Gasteiger partial charge in [-0.25, -0.2) is 4.39 Å². The molecule has 0 spiro atoms. The number of hydrogen-bond donors (Lipinski definition) is 0. The molecule has 0 saturated heterocycles. The molecule has 0 N–H and O–H groups in total. The highest BCUT2D eigenvalue weighted by molar-refractivity contribution is 5.22. The summed E-state index contributed by atoms with van der Waals surface area (Å²) in [6.45, 7) is 2.51. The van der Waals surface area contributed by atoms with E-state index in [1.807, 2.05) is 6.92 Å². The Hall–Kier alpha value is -1.49. The Morgan fingerprint density at radius 2 is 2.33 bits per heavy atom. The lowest BCUT2D eigenvalue weighted by molar-refractivity contribution is 0.297. The molecule has 0 unspecified atom stereocenters. The van der Waals surface area contributed by atoms with Gasteiger partial charge in [0.05, 0.1) is 6.61 Å². The van der Waals surface area contributed by atoms with Crippen LogP contribution < -0.4 is 4.74 Å². The van der Waals surface area contributed by atoms with Crippen molar-refractivity contribution in [2.75, 3.05) is 6.61 Å². The van der Waals surface area contributed by atoms with Crippen molar-refractivity contribution in [2.45, 2.75) is 26.2 Å². The second-order valence-corrected chi connectivity index (χ2v) is 3.01. The van der Waals surface area contributed by atoms with Crippen LogP contribution in [0.4, 0.5) is 4.39 Å². The smallest absolute Gasteiger partial charge is 0.172 e. The van der Waals surface area contributed by atoms with E-state index in [1.54, 1.807) is 12.1 Å². The standard InChI is InChI=1S/C13H14FO/c1-2-3-4-5-8-11-15-13-10-7-6-9-12(13)14/h6-7,10H,2,5,8,11H2,1H3. The third-order valence-electron chi connectivity index (χ3n) is 1.78. The molecule has 0 fully saturated rings. The van der Waals surface area contributed by atoms with Gasteiger partial charge in [0, 0.05) is 18.9 Å². The van der Waals surface area contributed by atoms with E-state index >= 15 is 0 Å². The molecule has 15 heavy (non-hydrogen) atoms. The van der Waals surface area contributed by atoms with E-state index in [0.29, 0.717) is 6.61 Å². The van der Waals surface area contributed by atoms with E-state index in [-0.39, 0.29) is 5.75 Å². The molecule has 1 aromatic carbocycles. The second kappa shape index (κ2) is 6.89. The molecule has 0 aliphatic carbocycles. The summed E-state index contributed by atoms with van der Waals surface area (Å²) in [7, 11) is 0. The summed E-state index contributed by atoms with van der Waals surface area (Å²) in [5.74, 6) is 5.81. The van der Waals surface area contributed by atoms with Gasteiger partial charge in [-0.2, -0.15) is 0 Å². The Morgan fingerprint density at radius 1 is 1.47 bits per heavy atom. The molecule has 1 radical (unpaired) electrons. The Bertz CT molecular complexity index is 349. The maximum atomic E-state index is 13.0. The summed E-state index contributed by atoms with van der Waals surface area (Å²) < 4.78 is 18.3. The van der Waals surface area contributed by atoms with Crippen LogP contribution in [-0.2, 0) is 0 Å². The van der Waals surface area contributed by atoms with Crippen molar-refractivity contribution in [2.24, 2.45) is 0 Å². The molecular formula is C13H14FO. The molecule has 0 saturated carbocycles. The van der Waals surface area contributed by atoms with E-state index in [9.17, 15) is 4.39 Å². The number of unbranched alkanes of at least 4 members (excludes halogenated alkanes) is 1. The van der Waals surface area contributed by atoms with E-state index in [0.717, 1.165) is 19.3 Å². The number of hydrogen-bond acceptors (Lipinski definition) is 1. The fraction of sp³-hybridized carbons (Fsp3) is 0.385. The van der Waals surface area contributed by atoms with Crippen LogP contribution in [0.15, 0.2) is 18.2 Å². The molecule has 0 heterocycles. The summed E-state index contributed by atoms with van der Waals surface area (Å²) in [5, 5.41) is 0. The molecule has 0 aliphatic rings. The summed E-state index contributed by atoms with van der Waals surface area (Å²) in [6.07, 6.45) is 2.50. The van der Waals surface area contributed by atoms with Gasteiger partial charge in [-0.05, 0) is 12.5 Å². The van der Waals surface area contributed by atoms with Crippen LogP contribution in [0.5, 0.6) is 5.75 Å². The lowest BCUT2D eigenvalue weighted by Crippen LogP contribution is -1.98. The van der Waals surface area contributed by atoms with Crippen LogP contribution in [0.2, 0.25) is 0 Å². The van der Waals surface area contributed by atoms with E-state index in [4.69, 9.17) is 4.74 Å². The Morgan fingerprint density at radius 3 is 3.07 bits per heavy atom. The minimum absolute atomic E-state index is 0.265. The average molecular weight is 205 g/mol. The van der Waals surface area contributed by atoms with Crippen LogP contribution in [0.25, 0.3) is 0 Å². The van der Waals surface area contributed by atoms with E-state index in [2.05, 4.69) is 17.9 Å². The molecular weight excluding hydrogens is 191 g/mol. The van der Waals surface area contributed by atoms with Crippen LogP contribution in [0.3, 0.4) is 0 Å². The van der Waals surface area contributed by atoms with Gasteiger partial charge in [-0.3, -0.25) is 0 Å². The van der Waals surface area contributed by atoms with Crippen molar-refractivity contribution in [3.63, 3.8) is 0 Å². The topological polar surface area (TPSA) is 9.23 Å². The number of ether oxygens (including phenoxy) is 1. The van der Waals surface area contributed by atoms with Crippen molar-refractivity contribution in [3.8, 4) is 17.6 Å². The van der Waals surface area contributed by atoms with Gasteiger partial charge >= 0.3 is 0 Å². The van der Waals surface area contributed by atoms with Crippen molar-refractivity contribution >= 4 is 0 Å². The average Bonchev–Trinajstić information content (AvgIpc) is 2.25. The summed E-state index contributed by atoms with van der Waals surface area (Å²) >= 11 is 0. The van der Waals surface area contributed by atoms with Gasteiger partial charge < -0.3 is 4.74 Å². The number of halogens is 1. The largest absolute Gasteiger partial charge is 0.490 e. The first-order chi connectivity index (χ1) is 7.34. The lowest BCUT2D eigenvalue weighted by Gasteiger charge is -2.04. The SMILES string of the molecule is CCC#CCCCOc1ccc[c]c1F. The molecule has 1 rings (SSSR count). The molecule has 1 aromatic rings. The first-order valence-electron chi connectivity index (χ1n) is 5.09. The van der Waals surface area contributed by atoms with E-state index in [1.165, 1.54) is 6.07 Å². The monoisotopic (exact) mass is 205 g/mol. The normalized spacial score (nSPS) is 9.20. The van der Waals surface area contributed by atoms with Crippen molar-refractivity contribution in [1.82, 2.24) is 0 Å². The lowest BCUT2D eigenvalue weighted by atomic mass is 10.3. The van der Waals surface area contributed by atoms with Crippen LogP contribution >= 0.6 is 0 Å². The van der Waals surface area contributed by atoms with E-state index < -0.39 is 5.82 Å². The molecule has 2 heteroatoms. The predicted octanol–water partition coefficient (Wildman–Crippen LogP) is 3.20. The summed E-state index contributed by atoms with van der Waals surface area (Å²) in [4.78, 5) is 0. The van der Waals surface area contributed by atoms with Crippen molar-refractivity contribution < 1.29 is 9.13 Å². The predicted molar refractivity (Wildman–Crippen MR) is 58.0 cm³/mol. The Balaban J connectivity index is 2.23. The molecule has 0 aromatic heterocycles. The number of benzene rings is 1. The quantitative estimate of drug-likeness (QED) is 0.541.